The number of thiophene rings is 1. The van der Waals surface area contributed by atoms with Gasteiger partial charge in [0.25, 0.3) is 0 Å². The van der Waals surface area contributed by atoms with Gasteiger partial charge in [0.15, 0.2) is 0 Å². The zero-order chi connectivity index (χ0) is 12.5. The highest BCUT2D eigenvalue weighted by molar-refractivity contribution is 7.20. The second-order valence-electron chi connectivity index (χ2n) is 5.13. The third-order valence-electron chi connectivity index (χ3n) is 3.85. The van der Waals surface area contributed by atoms with Gasteiger partial charge in [-0.25, -0.2) is 0 Å². The lowest BCUT2D eigenvalue weighted by Gasteiger charge is -2.34. The highest BCUT2D eigenvalue weighted by atomic mass is 35.5. The minimum Gasteiger partial charge on any atom is -0.310 e. The highest BCUT2D eigenvalue weighted by Gasteiger charge is 2.38. The van der Waals surface area contributed by atoms with Crippen molar-refractivity contribution in [2.24, 2.45) is 5.41 Å². The lowest BCUT2D eigenvalue weighted by Crippen LogP contribution is -2.34. The molecule has 1 aliphatic rings. The van der Waals surface area contributed by atoms with E-state index in [1.165, 1.54) is 42.6 Å². The second kappa shape index (κ2) is 5.48. The van der Waals surface area contributed by atoms with E-state index in [0.717, 1.165) is 15.2 Å². The molecule has 0 bridgehead atoms. The Balaban J connectivity index is 2.31. The van der Waals surface area contributed by atoms with Gasteiger partial charge < -0.3 is 5.32 Å². The van der Waals surface area contributed by atoms with Crippen LogP contribution in [0.3, 0.4) is 0 Å². The summed E-state index contributed by atoms with van der Waals surface area (Å²) in [5.74, 6) is 0. The van der Waals surface area contributed by atoms with E-state index in [0.29, 0.717) is 11.5 Å². The molecule has 1 aromatic heterocycles. The summed E-state index contributed by atoms with van der Waals surface area (Å²) in [5.41, 5.74) is 1.51. The van der Waals surface area contributed by atoms with E-state index in [1.54, 1.807) is 0 Å². The van der Waals surface area contributed by atoms with Crippen LogP contribution in [0.5, 0.6) is 0 Å². The van der Waals surface area contributed by atoms with Crippen molar-refractivity contribution in [3.05, 3.63) is 20.3 Å². The molecule has 1 nitrogen and oxygen atoms in total. The quantitative estimate of drug-likeness (QED) is 0.795. The Kier molecular flexibility index (Phi) is 4.40. The van der Waals surface area contributed by atoms with E-state index in [-0.39, 0.29) is 0 Å². The van der Waals surface area contributed by atoms with Crippen molar-refractivity contribution in [3.8, 4) is 0 Å². The zero-order valence-corrected chi connectivity index (χ0v) is 12.7. The molecule has 1 unspecified atom stereocenters. The molecule has 1 N–H and O–H groups in total. The monoisotopic (exact) mass is 291 g/mol. The van der Waals surface area contributed by atoms with E-state index in [9.17, 15) is 0 Å². The van der Waals surface area contributed by atoms with Crippen LogP contribution in [-0.4, -0.2) is 6.54 Å². The molecule has 0 aliphatic heterocycles. The summed E-state index contributed by atoms with van der Waals surface area (Å²) in [7, 11) is 0. The Hall–Kier alpha value is 0.240. The summed E-state index contributed by atoms with van der Waals surface area (Å²) in [6.45, 7) is 5.48. The molecule has 1 saturated carbocycles. The van der Waals surface area contributed by atoms with Crippen molar-refractivity contribution in [3.63, 3.8) is 0 Å². The van der Waals surface area contributed by atoms with Gasteiger partial charge >= 0.3 is 0 Å². The van der Waals surface area contributed by atoms with Crippen LogP contribution in [-0.2, 0) is 0 Å². The smallest absolute Gasteiger partial charge is 0.0992 e. The first-order valence-corrected chi connectivity index (χ1v) is 7.82. The van der Waals surface area contributed by atoms with E-state index >= 15 is 0 Å². The summed E-state index contributed by atoms with van der Waals surface area (Å²) in [5, 5.41) is 3.60. The molecule has 1 aliphatic carbocycles. The number of rotatable bonds is 4. The number of halogens is 2. The average molecular weight is 292 g/mol. The average Bonchev–Trinajstić information content (AvgIpc) is 2.83. The molecule has 0 saturated heterocycles. The molecule has 1 atom stereocenters. The fourth-order valence-electron chi connectivity index (χ4n) is 2.96. The minimum atomic E-state index is 0.323. The molecule has 0 amide bonds. The SMILES string of the molecule is CCNC(c1cc(Cl)sc1Cl)C1(C)CCCC1. The van der Waals surface area contributed by atoms with Crippen molar-refractivity contribution >= 4 is 34.5 Å². The Morgan fingerprint density at radius 1 is 1.41 bits per heavy atom. The Bertz CT molecular complexity index is 383. The molecule has 0 spiro atoms. The van der Waals surface area contributed by atoms with Crippen LogP contribution >= 0.6 is 34.5 Å². The van der Waals surface area contributed by atoms with Gasteiger partial charge in [0.05, 0.1) is 8.67 Å². The van der Waals surface area contributed by atoms with Crippen LogP contribution in [0.25, 0.3) is 0 Å². The van der Waals surface area contributed by atoms with Crippen LogP contribution in [0.15, 0.2) is 6.07 Å². The van der Waals surface area contributed by atoms with Crippen molar-refractivity contribution in [2.75, 3.05) is 6.54 Å². The summed E-state index contributed by atoms with van der Waals surface area (Å²) in [6.07, 6.45) is 5.20. The maximum absolute atomic E-state index is 6.31. The van der Waals surface area contributed by atoms with Crippen molar-refractivity contribution in [2.45, 2.75) is 45.6 Å². The fourth-order valence-corrected chi connectivity index (χ4v) is 4.49. The first-order chi connectivity index (χ1) is 8.07. The van der Waals surface area contributed by atoms with E-state index in [4.69, 9.17) is 23.2 Å². The van der Waals surface area contributed by atoms with Gasteiger partial charge in [-0.3, -0.25) is 0 Å². The summed E-state index contributed by atoms with van der Waals surface area (Å²) in [6, 6.07) is 2.37. The molecule has 96 valence electrons. The van der Waals surface area contributed by atoms with Crippen LogP contribution in [0.1, 0.15) is 51.1 Å². The van der Waals surface area contributed by atoms with Crippen molar-refractivity contribution in [1.82, 2.24) is 5.32 Å². The lowest BCUT2D eigenvalue weighted by molar-refractivity contribution is 0.226. The lowest BCUT2D eigenvalue weighted by atomic mass is 9.78. The maximum atomic E-state index is 6.31. The topological polar surface area (TPSA) is 12.0 Å². The van der Waals surface area contributed by atoms with Crippen molar-refractivity contribution < 1.29 is 0 Å². The molecule has 0 aromatic carbocycles. The first kappa shape index (κ1) is 13.7. The molecule has 0 radical (unpaired) electrons. The number of hydrogen-bond donors (Lipinski definition) is 1. The van der Waals surface area contributed by atoms with E-state index < -0.39 is 0 Å². The highest BCUT2D eigenvalue weighted by Crippen LogP contribution is 2.50. The molecular weight excluding hydrogens is 273 g/mol. The van der Waals surface area contributed by atoms with Crippen LogP contribution in [0.4, 0.5) is 0 Å². The Labute approximate surface area is 118 Å². The van der Waals surface area contributed by atoms with Crippen LogP contribution < -0.4 is 5.32 Å². The van der Waals surface area contributed by atoms with Crippen LogP contribution in [0.2, 0.25) is 8.67 Å². The van der Waals surface area contributed by atoms with Gasteiger partial charge in [-0.1, -0.05) is 49.9 Å². The predicted octanol–water partition coefficient (Wildman–Crippen LogP) is 5.29. The first-order valence-electron chi connectivity index (χ1n) is 6.25. The summed E-state index contributed by atoms with van der Waals surface area (Å²) in [4.78, 5) is 0. The summed E-state index contributed by atoms with van der Waals surface area (Å²) < 4.78 is 1.63. The minimum absolute atomic E-state index is 0.323. The van der Waals surface area contributed by atoms with Gasteiger partial charge in [0.1, 0.15) is 0 Å². The van der Waals surface area contributed by atoms with Gasteiger partial charge in [-0.15, -0.1) is 11.3 Å². The van der Waals surface area contributed by atoms with Gasteiger partial charge in [-0.05, 0) is 30.9 Å². The van der Waals surface area contributed by atoms with Gasteiger partial charge in [-0.2, -0.15) is 0 Å². The number of nitrogens with one attached hydrogen (secondary N) is 1. The Morgan fingerprint density at radius 2 is 2.06 bits per heavy atom. The van der Waals surface area contributed by atoms with Gasteiger partial charge in [0, 0.05) is 11.6 Å². The third-order valence-corrected chi connectivity index (χ3v) is 5.36. The van der Waals surface area contributed by atoms with Gasteiger partial charge in [0.2, 0.25) is 0 Å². The fraction of sp³-hybridized carbons (Fsp3) is 0.692. The third kappa shape index (κ3) is 2.81. The molecule has 1 aromatic rings. The van der Waals surface area contributed by atoms with Crippen LogP contribution in [0, 0.1) is 5.41 Å². The number of hydrogen-bond acceptors (Lipinski definition) is 2. The zero-order valence-electron chi connectivity index (χ0n) is 10.4. The normalized spacial score (nSPS) is 20.7. The predicted molar refractivity (Wildman–Crippen MR) is 77.3 cm³/mol. The second-order valence-corrected chi connectivity index (χ2v) is 7.42. The molecule has 17 heavy (non-hydrogen) atoms. The summed E-state index contributed by atoms with van der Waals surface area (Å²) >= 11 is 13.9. The molecule has 2 rings (SSSR count). The van der Waals surface area contributed by atoms with E-state index in [2.05, 4.69) is 19.2 Å². The van der Waals surface area contributed by atoms with E-state index in [1.807, 2.05) is 6.07 Å². The molecular formula is C13H19Cl2NS. The molecule has 4 heteroatoms. The Morgan fingerprint density at radius 3 is 2.53 bits per heavy atom. The standard InChI is InChI=1S/C13H19Cl2NS/c1-3-16-11(13(2)6-4-5-7-13)9-8-10(14)17-12(9)15/h8,11,16H,3-7H2,1-2H3. The van der Waals surface area contributed by atoms with Crippen molar-refractivity contribution in [1.29, 1.82) is 0 Å². The largest absolute Gasteiger partial charge is 0.310 e. The molecule has 1 fully saturated rings. The molecule has 1 heterocycles. The maximum Gasteiger partial charge on any atom is 0.0992 e.